The third-order valence-corrected chi connectivity index (χ3v) is 3.91. The summed E-state index contributed by atoms with van der Waals surface area (Å²) in [6, 6.07) is 18.9. The molecule has 4 heteroatoms. The lowest BCUT2D eigenvalue weighted by atomic mass is 9.99. The molecule has 0 N–H and O–H groups in total. The summed E-state index contributed by atoms with van der Waals surface area (Å²) in [6.07, 6.45) is -4.49. The van der Waals surface area contributed by atoms with E-state index < -0.39 is 11.7 Å². The number of furan rings is 1. The number of alkyl halides is 3. The minimum atomic E-state index is -4.49. The number of fused-ring (bicyclic) bond motifs is 2. The minimum Gasteiger partial charge on any atom is -0.455 e. The summed E-state index contributed by atoms with van der Waals surface area (Å²) >= 11 is 0. The Bertz CT molecular complexity index is 1010. The Labute approximate surface area is 130 Å². The number of hydrogen-bond donors (Lipinski definition) is 0. The van der Waals surface area contributed by atoms with E-state index in [0.717, 1.165) is 10.8 Å². The summed E-state index contributed by atoms with van der Waals surface area (Å²) in [5.74, 6) is -0.129. The van der Waals surface area contributed by atoms with Crippen molar-refractivity contribution in [2.24, 2.45) is 0 Å². The highest BCUT2D eigenvalue weighted by Gasteiger charge is 2.39. The van der Waals surface area contributed by atoms with Crippen LogP contribution in [-0.4, -0.2) is 0 Å². The van der Waals surface area contributed by atoms with Crippen molar-refractivity contribution < 1.29 is 17.6 Å². The maximum atomic E-state index is 13.6. The lowest BCUT2D eigenvalue weighted by Crippen LogP contribution is -2.05. The first-order valence-corrected chi connectivity index (χ1v) is 7.12. The summed E-state index contributed by atoms with van der Waals surface area (Å²) < 4.78 is 46.5. The van der Waals surface area contributed by atoms with Gasteiger partial charge in [0.25, 0.3) is 0 Å². The highest BCUT2D eigenvalue weighted by atomic mass is 19.4. The molecule has 0 bridgehead atoms. The monoisotopic (exact) mass is 312 g/mol. The van der Waals surface area contributed by atoms with E-state index in [1.54, 1.807) is 36.4 Å². The maximum absolute atomic E-state index is 13.6. The average Bonchev–Trinajstić information content (AvgIpc) is 2.93. The zero-order valence-corrected chi connectivity index (χ0v) is 11.9. The molecule has 3 aromatic carbocycles. The van der Waals surface area contributed by atoms with Crippen molar-refractivity contribution in [1.29, 1.82) is 0 Å². The molecule has 0 fully saturated rings. The fourth-order valence-electron chi connectivity index (χ4n) is 2.94. The standard InChI is InChI=1S/C19H11F3O/c20-19(21,22)17-15-9-3-4-11-16(15)23-18(17)14-10-5-7-12-6-1-2-8-13(12)14/h1-11H. The van der Waals surface area contributed by atoms with Crippen molar-refractivity contribution in [3.05, 3.63) is 72.3 Å². The van der Waals surface area contributed by atoms with Crippen LogP contribution in [-0.2, 0) is 6.18 Å². The zero-order chi connectivity index (χ0) is 16.0. The molecule has 0 aliphatic carbocycles. The van der Waals surface area contributed by atoms with Crippen LogP contribution in [0.4, 0.5) is 13.2 Å². The molecule has 0 aliphatic heterocycles. The first-order valence-electron chi connectivity index (χ1n) is 7.12. The fraction of sp³-hybridized carbons (Fsp3) is 0.0526. The first kappa shape index (κ1) is 13.9. The van der Waals surface area contributed by atoms with E-state index in [-0.39, 0.29) is 16.7 Å². The van der Waals surface area contributed by atoms with Crippen LogP contribution in [0.2, 0.25) is 0 Å². The Morgan fingerprint density at radius 3 is 2.13 bits per heavy atom. The van der Waals surface area contributed by atoms with Gasteiger partial charge >= 0.3 is 6.18 Å². The quantitative estimate of drug-likeness (QED) is 0.403. The molecule has 1 nitrogen and oxygen atoms in total. The number of halogens is 3. The van der Waals surface area contributed by atoms with Gasteiger partial charge in [-0.25, -0.2) is 0 Å². The number of rotatable bonds is 1. The van der Waals surface area contributed by atoms with Gasteiger partial charge in [-0.3, -0.25) is 0 Å². The molecule has 1 aromatic heterocycles. The second-order valence-corrected chi connectivity index (χ2v) is 5.33. The third-order valence-electron chi connectivity index (χ3n) is 3.91. The Hall–Kier alpha value is -2.75. The number of para-hydroxylation sites is 1. The minimum absolute atomic E-state index is 0.0861. The molecule has 23 heavy (non-hydrogen) atoms. The second-order valence-electron chi connectivity index (χ2n) is 5.33. The molecule has 4 rings (SSSR count). The van der Waals surface area contributed by atoms with E-state index in [4.69, 9.17) is 4.42 Å². The predicted octanol–water partition coefficient (Wildman–Crippen LogP) is 6.27. The van der Waals surface area contributed by atoms with Gasteiger partial charge in [-0.15, -0.1) is 0 Å². The van der Waals surface area contributed by atoms with Crippen molar-refractivity contribution in [2.45, 2.75) is 6.18 Å². The summed E-state index contributed by atoms with van der Waals surface area (Å²) in [4.78, 5) is 0. The van der Waals surface area contributed by atoms with Crippen molar-refractivity contribution in [2.75, 3.05) is 0 Å². The summed E-state index contributed by atoms with van der Waals surface area (Å²) in [5, 5.41) is 1.70. The van der Waals surface area contributed by atoms with Gasteiger partial charge in [0.1, 0.15) is 16.9 Å². The first-order chi connectivity index (χ1) is 11.1. The molecule has 0 saturated heterocycles. The average molecular weight is 312 g/mol. The lowest BCUT2D eigenvalue weighted by Gasteiger charge is -2.09. The molecule has 4 aromatic rings. The van der Waals surface area contributed by atoms with Crippen LogP contribution < -0.4 is 0 Å². The molecule has 0 radical (unpaired) electrons. The predicted molar refractivity (Wildman–Crippen MR) is 84.2 cm³/mol. The van der Waals surface area contributed by atoms with E-state index in [9.17, 15) is 13.2 Å². The normalized spacial score (nSPS) is 12.1. The molecule has 1 heterocycles. The molecule has 0 unspecified atom stereocenters. The Balaban J connectivity index is 2.13. The van der Waals surface area contributed by atoms with E-state index in [2.05, 4.69) is 0 Å². The number of benzene rings is 3. The topological polar surface area (TPSA) is 13.1 Å². The molecule has 0 spiro atoms. The van der Waals surface area contributed by atoms with Crippen LogP contribution in [0.1, 0.15) is 5.56 Å². The third kappa shape index (κ3) is 2.18. The van der Waals surface area contributed by atoms with Gasteiger partial charge in [0.15, 0.2) is 0 Å². The van der Waals surface area contributed by atoms with Crippen molar-refractivity contribution in [3.63, 3.8) is 0 Å². The van der Waals surface area contributed by atoms with Crippen LogP contribution in [0, 0.1) is 0 Å². The second kappa shape index (κ2) is 4.88. The SMILES string of the molecule is FC(F)(F)c1c(-c2cccc3ccccc23)oc2ccccc12. The highest BCUT2D eigenvalue weighted by molar-refractivity contribution is 5.99. The molecule has 0 aliphatic rings. The molecular formula is C19H11F3O. The Morgan fingerprint density at radius 1 is 0.696 bits per heavy atom. The molecular weight excluding hydrogens is 301 g/mol. The van der Waals surface area contributed by atoms with Gasteiger partial charge in [-0.05, 0) is 16.8 Å². The summed E-state index contributed by atoms with van der Waals surface area (Å²) in [6.45, 7) is 0. The van der Waals surface area contributed by atoms with Gasteiger partial charge in [-0.2, -0.15) is 13.2 Å². The van der Waals surface area contributed by atoms with Crippen LogP contribution in [0.5, 0.6) is 0 Å². The Kier molecular flexibility index (Phi) is 2.94. The van der Waals surface area contributed by atoms with Crippen LogP contribution in [0.15, 0.2) is 71.1 Å². The number of hydrogen-bond acceptors (Lipinski definition) is 1. The van der Waals surface area contributed by atoms with Crippen LogP contribution >= 0.6 is 0 Å². The van der Waals surface area contributed by atoms with Gasteiger partial charge in [0.05, 0.1) is 0 Å². The van der Waals surface area contributed by atoms with Crippen LogP contribution in [0.3, 0.4) is 0 Å². The van der Waals surface area contributed by atoms with Crippen molar-refractivity contribution in [3.8, 4) is 11.3 Å². The van der Waals surface area contributed by atoms with Crippen LogP contribution in [0.25, 0.3) is 33.1 Å². The smallest absolute Gasteiger partial charge is 0.420 e. The largest absolute Gasteiger partial charge is 0.455 e. The molecule has 0 amide bonds. The Morgan fingerprint density at radius 2 is 1.35 bits per heavy atom. The fourth-order valence-corrected chi connectivity index (χ4v) is 2.94. The summed E-state index contributed by atoms with van der Waals surface area (Å²) in [7, 11) is 0. The molecule has 114 valence electrons. The van der Waals surface area contributed by atoms with Gasteiger partial charge < -0.3 is 4.42 Å². The van der Waals surface area contributed by atoms with E-state index >= 15 is 0 Å². The van der Waals surface area contributed by atoms with Gasteiger partial charge in [0.2, 0.25) is 0 Å². The van der Waals surface area contributed by atoms with Gasteiger partial charge in [-0.1, -0.05) is 60.7 Å². The highest BCUT2D eigenvalue weighted by Crippen LogP contribution is 2.45. The zero-order valence-electron chi connectivity index (χ0n) is 11.9. The van der Waals surface area contributed by atoms with Crippen molar-refractivity contribution in [1.82, 2.24) is 0 Å². The lowest BCUT2D eigenvalue weighted by molar-refractivity contribution is -0.136. The van der Waals surface area contributed by atoms with Gasteiger partial charge in [0, 0.05) is 10.9 Å². The molecule has 0 atom stereocenters. The molecule has 0 saturated carbocycles. The maximum Gasteiger partial charge on any atom is 0.420 e. The van der Waals surface area contributed by atoms with E-state index in [1.165, 1.54) is 6.07 Å². The van der Waals surface area contributed by atoms with Crippen molar-refractivity contribution >= 4 is 21.7 Å². The van der Waals surface area contributed by atoms with E-state index in [1.807, 2.05) is 24.3 Å². The summed E-state index contributed by atoms with van der Waals surface area (Å²) in [5.41, 5.74) is -0.0289. The van der Waals surface area contributed by atoms with E-state index in [0.29, 0.717) is 5.56 Å².